The second-order valence-electron chi connectivity index (χ2n) is 9.50. The number of likely N-dealkylation sites (tertiary alicyclic amines) is 1. The molecule has 2 heterocycles. The Labute approximate surface area is 213 Å². The number of carbonyl (C=O) groups is 1. The first-order valence-electron chi connectivity index (χ1n) is 12.0. The number of hydrogen-bond acceptors (Lipinski definition) is 6. The van der Waals surface area contributed by atoms with Gasteiger partial charge in [-0.25, -0.2) is 4.39 Å². The van der Waals surface area contributed by atoms with Crippen LogP contribution in [0.5, 0.6) is 23.0 Å². The zero-order valence-corrected chi connectivity index (χ0v) is 21.3. The number of carbonyl (C=O) groups excluding carboxylic acids is 1. The fraction of sp³-hybridized carbons (Fsp3) is 0.276. The van der Waals surface area contributed by atoms with Crippen molar-refractivity contribution in [3.63, 3.8) is 0 Å². The number of phenols is 1. The van der Waals surface area contributed by atoms with Crippen molar-refractivity contribution in [2.24, 2.45) is 5.92 Å². The van der Waals surface area contributed by atoms with E-state index in [9.17, 15) is 14.3 Å². The third-order valence-corrected chi connectivity index (χ3v) is 7.66. The van der Waals surface area contributed by atoms with E-state index in [1.54, 1.807) is 32.0 Å². The number of thiophene rings is 1. The number of rotatable bonds is 7. The molecule has 0 saturated carbocycles. The smallest absolute Gasteiger partial charge is 0.207 e. The molecule has 1 aliphatic heterocycles. The van der Waals surface area contributed by atoms with Gasteiger partial charge in [0, 0.05) is 28.7 Å². The summed E-state index contributed by atoms with van der Waals surface area (Å²) in [4.78, 5) is 16.4. The standard InChI is InChI=1S/C29H28FNO4S/c1-17-10-11-31(15-17)16-34-22-5-7-23(8-6-22)35-28-24-9-4-21(32)14-25(24)36-29(28)27(33)26-18(2)12-20(30)13-19(26)3/h4-9,12-14,17,32H,10-11,15-16H2,1-3H3/t17-/m1/s1. The first-order chi connectivity index (χ1) is 17.3. The van der Waals surface area contributed by atoms with Crippen LogP contribution in [0.2, 0.25) is 0 Å². The van der Waals surface area contributed by atoms with Gasteiger partial charge in [0.2, 0.25) is 5.78 Å². The van der Waals surface area contributed by atoms with Crippen molar-refractivity contribution in [2.45, 2.75) is 27.2 Å². The van der Waals surface area contributed by atoms with Gasteiger partial charge in [-0.05, 0) is 91.9 Å². The van der Waals surface area contributed by atoms with E-state index < -0.39 is 0 Å². The highest BCUT2D eigenvalue weighted by Gasteiger charge is 2.25. The highest BCUT2D eigenvalue weighted by atomic mass is 32.1. The zero-order valence-electron chi connectivity index (χ0n) is 20.5. The van der Waals surface area contributed by atoms with Gasteiger partial charge in [-0.15, -0.1) is 11.3 Å². The van der Waals surface area contributed by atoms with Crippen LogP contribution in [0.25, 0.3) is 10.1 Å². The molecule has 1 saturated heterocycles. The SMILES string of the molecule is Cc1cc(F)cc(C)c1C(=O)c1sc2cc(O)ccc2c1Oc1ccc(OCN2CC[C@@H](C)C2)cc1. The summed E-state index contributed by atoms with van der Waals surface area (Å²) in [6, 6.07) is 15.0. The number of aryl methyl sites for hydroxylation is 2. The van der Waals surface area contributed by atoms with E-state index in [1.165, 1.54) is 29.9 Å². The summed E-state index contributed by atoms with van der Waals surface area (Å²) in [5.74, 6) is 1.93. The number of phenolic OH excluding ortho intramolecular Hbond substituents is 1. The molecule has 1 aliphatic rings. The number of nitrogens with zero attached hydrogens (tertiary/aromatic N) is 1. The van der Waals surface area contributed by atoms with Crippen molar-refractivity contribution < 1.29 is 23.8 Å². The van der Waals surface area contributed by atoms with E-state index in [1.807, 2.05) is 24.3 Å². The average molecular weight is 506 g/mol. The van der Waals surface area contributed by atoms with Gasteiger partial charge in [0.15, 0.2) is 5.75 Å². The van der Waals surface area contributed by atoms with Crippen LogP contribution in [-0.4, -0.2) is 35.6 Å². The average Bonchev–Trinajstić information content (AvgIpc) is 3.40. The summed E-state index contributed by atoms with van der Waals surface area (Å²) < 4.78 is 26.8. The second kappa shape index (κ2) is 9.91. The Balaban J connectivity index is 1.44. The largest absolute Gasteiger partial charge is 0.508 e. The van der Waals surface area contributed by atoms with Crippen molar-refractivity contribution in [3.05, 3.63) is 82.0 Å². The number of fused-ring (bicyclic) bond motifs is 1. The van der Waals surface area contributed by atoms with Crippen LogP contribution in [0.1, 0.15) is 39.7 Å². The Morgan fingerprint density at radius 1 is 1.08 bits per heavy atom. The van der Waals surface area contributed by atoms with Gasteiger partial charge >= 0.3 is 0 Å². The molecule has 0 unspecified atom stereocenters. The van der Waals surface area contributed by atoms with Gasteiger partial charge in [0.25, 0.3) is 0 Å². The van der Waals surface area contributed by atoms with E-state index in [-0.39, 0.29) is 17.3 Å². The zero-order chi connectivity index (χ0) is 25.4. The van der Waals surface area contributed by atoms with Crippen molar-refractivity contribution in [3.8, 4) is 23.0 Å². The molecule has 5 rings (SSSR count). The number of hydrogen-bond donors (Lipinski definition) is 1. The highest BCUT2D eigenvalue weighted by Crippen LogP contribution is 2.43. The van der Waals surface area contributed by atoms with Crippen molar-refractivity contribution >= 4 is 27.2 Å². The maximum absolute atomic E-state index is 13.9. The minimum atomic E-state index is -0.374. The Bertz CT molecular complexity index is 1410. The monoisotopic (exact) mass is 505 g/mol. The maximum Gasteiger partial charge on any atom is 0.207 e. The van der Waals surface area contributed by atoms with Crippen LogP contribution in [-0.2, 0) is 0 Å². The van der Waals surface area contributed by atoms with E-state index in [0.717, 1.165) is 28.9 Å². The molecule has 0 aliphatic carbocycles. The molecule has 186 valence electrons. The lowest BCUT2D eigenvalue weighted by molar-refractivity contribution is 0.103. The second-order valence-corrected chi connectivity index (χ2v) is 10.6. The third-order valence-electron chi connectivity index (χ3n) is 6.52. The van der Waals surface area contributed by atoms with Gasteiger partial charge in [0.05, 0.1) is 0 Å². The number of halogens is 1. The van der Waals surface area contributed by atoms with Crippen LogP contribution < -0.4 is 9.47 Å². The number of ketones is 1. The first-order valence-corrected chi connectivity index (χ1v) is 12.8. The van der Waals surface area contributed by atoms with Crippen LogP contribution in [0.3, 0.4) is 0 Å². The molecule has 36 heavy (non-hydrogen) atoms. The van der Waals surface area contributed by atoms with Crippen LogP contribution in [0.4, 0.5) is 4.39 Å². The summed E-state index contributed by atoms with van der Waals surface area (Å²) >= 11 is 1.25. The number of aromatic hydroxyl groups is 1. The molecule has 1 fully saturated rings. The normalized spacial score (nSPS) is 15.9. The molecular formula is C29H28FNO4S. The number of benzene rings is 3. The lowest BCUT2D eigenvalue weighted by Gasteiger charge is -2.16. The highest BCUT2D eigenvalue weighted by molar-refractivity contribution is 7.21. The van der Waals surface area contributed by atoms with Gasteiger partial charge in [-0.3, -0.25) is 9.69 Å². The summed E-state index contributed by atoms with van der Waals surface area (Å²) in [6.07, 6.45) is 1.19. The predicted molar refractivity (Wildman–Crippen MR) is 140 cm³/mol. The lowest BCUT2D eigenvalue weighted by Crippen LogP contribution is -2.25. The molecule has 1 atom stereocenters. The van der Waals surface area contributed by atoms with Crippen LogP contribution in [0, 0.1) is 25.6 Å². The molecule has 4 aromatic rings. The first kappa shape index (κ1) is 24.3. The lowest BCUT2D eigenvalue weighted by atomic mass is 9.97. The Morgan fingerprint density at radius 3 is 2.44 bits per heavy atom. The van der Waals surface area contributed by atoms with Crippen LogP contribution in [0.15, 0.2) is 54.6 Å². The molecule has 0 bridgehead atoms. The number of ether oxygens (including phenoxy) is 2. The van der Waals surface area contributed by atoms with Gasteiger partial charge < -0.3 is 14.6 Å². The molecule has 3 aromatic carbocycles. The van der Waals surface area contributed by atoms with E-state index in [2.05, 4.69) is 11.8 Å². The molecule has 0 radical (unpaired) electrons. The van der Waals surface area contributed by atoms with Crippen molar-refractivity contribution in [1.29, 1.82) is 0 Å². The van der Waals surface area contributed by atoms with E-state index in [0.29, 0.717) is 45.7 Å². The Morgan fingerprint density at radius 2 is 1.78 bits per heavy atom. The molecule has 7 heteroatoms. The maximum atomic E-state index is 13.9. The molecule has 0 spiro atoms. The Hall–Kier alpha value is -3.42. The van der Waals surface area contributed by atoms with Crippen molar-refractivity contribution in [1.82, 2.24) is 4.90 Å². The minimum Gasteiger partial charge on any atom is -0.508 e. The summed E-state index contributed by atoms with van der Waals surface area (Å²) in [7, 11) is 0. The summed E-state index contributed by atoms with van der Waals surface area (Å²) in [5, 5.41) is 10.7. The predicted octanol–water partition coefficient (Wildman–Crippen LogP) is 7.06. The quantitative estimate of drug-likeness (QED) is 0.272. The van der Waals surface area contributed by atoms with Crippen molar-refractivity contribution in [2.75, 3.05) is 19.8 Å². The summed E-state index contributed by atoms with van der Waals surface area (Å²) in [6.45, 7) is 8.35. The van der Waals surface area contributed by atoms with Gasteiger partial charge in [0.1, 0.15) is 34.7 Å². The molecule has 5 nitrogen and oxygen atoms in total. The molecule has 1 aromatic heterocycles. The summed E-state index contributed by atoms with van der Waals surface area (Å²) in [5.41, 5.74) is 1.59. The van der Waals surface area contributed by atoms with Gasteiger partial charge in [-0.1, -0.05) is 6.92 Å². The molecule has 0 amide bonds. The Kier molecular flexibility index (Phi) is 6.69. The third kappa shape index (κ3) is 4.94. The van der Waals surface area contributed by atoms with E-state index >= 15 is 0 Å². The van der Waals surface area contributed by atoms with Gasteiger partial charge in [-0.2, -0.15) is 0 Å². The van der Waals surface area contributed by atoms with E-state index in [4.69, 9.17) is 9.47 Å². The topological polar surface area (TPSA) is 59.0 Å². The van der Waals surface area contributed by atoms with Crippen LogP contribution >= 0.6 is 11.3 Å². The molecular weight excluding hydrogens is 477 g/mol. The minimum absolute atomic E-state index is 0.109. The molecule has 1 N–H and O–H groups in total. The fourth-order valence-corrected chi connectivity index (χ4v) is 5.84. The fourth-order valence-electron chi connectivity index (χ4n) is 4.73.